The van der Waals surface area contributed by atoms with E-state index in [2.05, 4.69) is 72.4 Å². The first-order chi connectivity index (χ1) is 10.0. The van der Waals surface area contributed by atoms with Crippen molar-refractivity contribution in [3.63, 3.8) is 0 Å². The molecule has 1 saturated carbocycles. The number of hydrogen-bond donors (Lipinski definition) is 1. The van der Waals surface area contributed by atoms with Crippen LogP contribution in [0.15, 0.2) is 30.3 Å². The Morgan fingerprint density at radius 1 is 1.24 bits per heavy atom. The molecule has 21 heavy (non-hydrogen) atoms. The van der Waals surface area contributed by atoms with E-state index in [4.69, 9.17) is 0 Å². The molecular weight excluding hydrogens is 276 g/mol. The van der Waals surface area contributed by atoms with Crippen molar-refractivity contribution in [1.82, 2.24) is 10.2 Å². The van der Waals surface area contributed by atoms with Gasteiger partial charge < -0.3 is 5.32 Å². The molecule has 1 heterocycles. The third kappa shape index (κ3) is 3.30. The summed E-state index contributed by atoms with van der Waals surface area (Å²) in [6.45, 7) is 8.08. The molecule has 1 aliphatic carbocycles. The molecule has 1 aromatic rings. The zero-order valence-corrected chi connectivity index (χ0v) is 14.4. The van der Waals surface area contributed by atoms with E-state index < -0.39 is 0 Å². The Morgan fingerprint density at radius 3 is 2.52 bits per heavy atom. The highest BCUT2D eigenvalue weighted by Gasteiger charge is 2.42. The van der Waals surface area contributed by atoms with Crippen LogP contribution in [0.5, 0.6) is 0 Å². The van der Waals surface area contributed by atoms with Gasteiger partial charge in [0.25, 0.3) is 0 Å². The van der Waals surface area contributed by atoms with E-state index in [1.54, 1.807) is 0 Å². The first-order valence-corrected chi connectivity index (χ1v) is 9.35. The van der Waals surface area contributed by atoms with Crippen LogP contribution in [0, 0.1) is 0 Å². The Labute approximate surface area is 133 Å². The van der Waals surface area contributed by atoms with Crippen LogP contribution in [0.25, 0.3) is 0 Å². The predicted molar refractivity (Wildman–Crippen MR) is 92.9 cm³/mol. The summed E-state index contributed by atoms with van der Waals surface area (Å²) in [6.07, 6.45) is 6.48. The predicted octanol–water partition coefficient (Wildman–Crippen LogP) is 3.70. The van der Waals surface area contributed by atoms with Crippen molar-refractivity contribution >= 4 is 11.8 Å². The number of thioether (sulfide) groups is 1. The molecule has 1 aliphatic heterocycles. The van der Waals surface area contributed by atoms with Crippen molar-refractivity contribution in [2.75, 3.05) is 25.9 Å². The number of nitrogens with one attached hydrogen (secondary N) is 1. The van der Waals surface area contributed by atoms with Gasteiger partial charge in [0.2, 0.25) is 0 Å². The molecule has 3 heteroatoms. The molecule has 2 nitrogen and oxygen atoms in total. The average molecular weight is 305 g/mol. The van der Waals surface area contributed by atoms with Crippen molar-refractivity contribution < 1.29 is 0 Å². The van der Waals surface area contributed by atoms with E-state index in [1.165, 1.54) is 31.4 Å². The number of benzene rings is 1. The second-order valence-electron chi connectivity index (χ2n) is 7.34. The van der Waals surface area contributed by atoms with Gasteiger partial charge in [-0.25, -0.2) is 0 Å². The second kappa shape index (κ2) is 5.94. The van der Waals surface area contributed by atoms with Gasteiger partial charge in [0.1, 0.15) is 0 Å². The summed E-state index contributed by atoms with van der Waals surface area (Å²) >= 11 is 2.09. The molecule has 3 rings (SSSR count). The fraction of sp³-hybridized carbons (Fsp3) is 0.667. The molecule has 1 unspecified atom stereocenters. The maximum absolute atomic E-state index is 3.73. The van der Waals surface area contributed by atoms with Crippen LogP contribution in [0.4, 0.5) is 0 Å². The molecule has 0 aromatic heterocycles. The van der Waals surface area contributed by atoms with Crippen molar-refractivity contribution in [2.45, 2.75) is 49.4 Å². The molecule has 2 aliphatic rings. The topological polar surface area (TPSA) is 15.3 Å². The van der Waals surface area contributed by atoms with Crippen LogP contribution in [0.1, 0.15) is 44.7 Å². The van der Waals surface area contributed by atoms with E-state index in [-0.39, 0.29) is 5.54 Å². The Hall–Kier alpha value is -0.510. The van der Waals surface area contributed by atoms with E-state index in [0.29, 0.717) is 10.8 Å². The summed E-state index contributed by atoms with van der Waals surface area (Å²) in [5.41, 5.74) is 1.67. The lowest BCUT2D eigenvalue weighted by Gasteiger charge is -2.51. The lowest BCUT2D eigenvalue weighted by Crippen LogP contribution is -2.61. The summed E-state index contributed by atoms with van der Waals surface area (Å²) in [5, 5.41) is 3.73. The minimum Gasteiger partial charge on any atom is -0.309 e. The van der Waals surface area contributed by atoms with Crippen molar-refractivity contribution in [3.8, 4) is 0 Å². The largest absolute Gasteiger partial charge is 0.309 e. The first kappa shape index (κ1) is 15.4. The van der Waals surface area contributed by atoms with Gasteiger partial charge in [0.05, 0.1) is 0 Å². The van der Waals surface area contributed by atoms with E-state index in [1.807, 2.05) is 0 Å². The van der Waals surface area contributed by atoms with Crippen LogP contribution in [-0.2, 0) is 0 Å². The zero-order valence-electron chi connectivity index (χ0n) is 13.6. The Kier molecular flexibility index (Phi) is 4.35. The quantitative estimate of drug-likeness (QED) is 0.913. The molecule has 1 aromatic carbocycles. The SMILES string of the molecule is CSC1(CN2CC(C)(C)NCC2c2ccccc2)CCC1. The monoisotopic (exact) mass is 304 g/mol. The van der Waals surface area contributed by atoms with Gasteiger partial charge in [-0.15, -0.1) is 0 Å². The summed E-state index contributed by atoms with van der Waals surface area (Å²) in [6, 6.07) is 11.5. The van der Waals surface area contributed by atoms with Crippen molar-refractivity contribution in [2.24, 2.45) is 0 Å². The van der Waals surface area contributed by atoms with Crippen LogP contribution < -0.4 is 5.32 Å². The minimum atomic E-state index is 0.217. The molecule has 0 radical (unpaired) electrons. The van der Waals surface area contributed by atoms with Gasteiger partial charge in [0.15, 0.2) is 0 Å². The number of hydrogen-bond acceptors (Lipinski definition) is 3. The fourth-order valence-electron chi connectivity index (χ4n) is 3.71. The van der Waals surface area contributed by atoms with Crippen LogP contribution in [0.3, 0.4) is 0 Å². The number of rotatable bonds is 4. The van der Waals surface area contributed by atoms with Gasteiger partial charge in [0, 0.05) is 36.0 Å². The average Bonchev–Trinajstić information content (AvgIpc) is 2.43. The van der Waals surface area contributed by atoms with Gasteiger partial charge >= 0.3 is 0 Å². The van der Waals surface area contributed by atoms with Gasteiger partial charge in [-0.1, -0.05) is 36.8 Å². The van der Waals surface area contributed by atoms with Gasteiger partial charge in [-0.2, -0.15) is 11.8 Å². The molecule has 1 atom stereocenters. The third-order valence-electron chi connectivity index (χ3n) is 5.19. The molecule has 0 bridgehead atoms. The van der Waals surface area contributed by atoms with Crippen LogP contribution in [0.2, 0.25) is 0 Å². The highest BCUT2D eigenvalue weighted by molar-refractivity contribution is 8.00. The maximum Gasteiger partial charge on any atom is 0.0474 e. The van der Waals surface area contributed by atoms with E-state index >= 15 is 0 Å². The van der Waals surface area contributed by atoms with Crippen molar-refractivity contribution in [1.29, 1.82) is 0 Å². The molecule has 0 spiro atoms. The highest BCUT2D eigenvalue weighted by Crippen LogP contribution is 2.45. The Morgan fingerprint density at radius 2 is 1.95 bits per heavy atom. The number of piperazine rings is 1. The first-order valence-electron chi connectivity index (χ1n) is 8.13. The maximum atomic E-state index is 3.73. The molecule has 1 saturated heterocycles. The summed E-state index contributed by atoms with van der Waals surface area (Å²) in [4.78, 5) is 2.74. The summed E-state index contributed by atoms with van der Waals surface area (Å²) in [7, 11) is 0. The highest BCUT2D eigenvalue weighted by atomic mass is 32.2. The van der Waals surface area contributed by atoms with E-state index in [9.17, 15) is 0 Å². The Bertz CT molecular complexity index is 462. The lowest BCUT2D eigenvalue weighted by atomic mass is 9.82. The molecule has 1 N–H and O–H groups in total. The second-order valence-corrected chi connectivity index (χ2v) is 8.61. The summed E-state index contributed by atoms with van der Waals surface area (Å²) in [5.74, 6) is 0. The Balaban J connectivity index is 1.80. The van der Waals surface area contributed by atoms with E-state index in [0.717, 1.165) is 13.1 Å². The van der Waals surface area contributed by atoms with Crippen molar-refractivity contribution in [3.05, 3.63) is 35.9 Å². The standard InChI is InChI=1S/C18H28N2S/c1-17(2)13-20(14-18(21-3)10-7-11-18)16(12-19-17)15-8-5-4-6-9-15/h4-6,8-9,16,19H,7,10-14H2,1-3H3. The van der Waals surface area contributed by atoms with Crippen LogP contribution in [-0.4, -0.2) is 41.1 Å². The lowest BCUT2D eigenvalue weighted by molar-refractivity contribution is 0.0725. The summed E-state index contributed by atoms with van der Waals surface area (Å²) < 4.78 is 0.514. The zero-order chi connectivity index (χ0) is 14.9. The molecule has 0 amide bonds. The van der Waals surface area contributed by atoms with Gasteiger partial charge in [-0.3, -0.25) is 4.90 Å². The third-order valence-corrected chi connectivity index (χ3v) is 6.59. The fourth-order valence-corrected chi connectivity index (χ4v) is 4.71. The smallest absolute Gasteiger partial charge is 0.0474 e. The minimum absolute atomic E-state index is 0.217. The molecule has 2 fully saturated rings. The number of nitrogens with zero attached hydrogens (tertiary/aromatic N) is 1. The van der Waals surface area contributed by atoms with Gasteiger partial charge in [-0.05, 0) is 38.5 Å². The normalized spacial score (nSPS) is 28.0. The molecule has 116 valence electrons. The van der Waals surface area contributed by atoms with Crippen LogP contribution >= 0.6 is 11.8 Å². The molecular formula is C18H28N2S.